The molecule has 0 aliphatic heterocycles. The van der Waals surface area contributed by atoms with Crippen molar-refractivity contribution in [1.82, 2.24) is 14.3 Å². The van der Waals surface area contributed by atoms with Gasteiger partial charge in [0.1, 0.15) is 0 Å². The third-order valence-corrected chi connectivity index (χ3v) is 5.27. The van der Waals surface area contributed by atoms with Crippen molar-refractivity contribution < 1.29 is 4.79 Å². The average Bonchev–Trinajstić information content (AvgIpc) is 3.01. The zero-order valence-corrected chi connectivity index (χ0v) is 15.6. The molecule has 0 saturated heterocycles. The topological polar surface area (TPSA) is 37.6 Å². The fraction of sp³-hybridized carbons (Fsp3) is 0.556. The second kappa shape index (κ2) is 7.77. The van der Waals surface area contributed by atoms with Crippen LogP contribution in [0.5, 0.6) is 0 Å². The highest BCUT2D eigenvalue weighted by molar-refractivity contribution is 7.17. The maximum atomic E-state index is 12.5. The van der Waals surface area contributed by atoms with Crippen LogP contribution >= 0.6 is 11.3 Å². The normalized spacial score (nSPS) is 11.9. The number of amides is 1. The Hall–Kier alpha value is -1.62. The predicted octanol–water partition coefficient (Wildman–Crippen LogP) is 4.31. The number of carbonyl (C=O) groups excluding carboxylic acids is 1. The summed E-state index contributed by atoms with van der Waals surface area (Å²) in [4.78, 5) is 21.2. The molecule has 0 aromatic carbocycles. The Balaban J connectivity index is 2.16. The molecule has 0 N–H and O–H groups in total. The molecule has 0 radical (unpaired) electrons. The van der Waals surface area contributed by atoms with E-state index in [1.807, 2.05) is 24.8 Å². The molecule has 1 amide bonds. The van der Waals surface area contributed by atoms with Crippen molar-refractivity contribution in [2.45, 2.75) is 47.5 Å². The lowest BCUT2D eigenvalue weighted by molar-refractivity contribution is -0.126. The van der Waals surface area contributed by atoms with E-state index in [-0.39, 0.29) is 5.91 Å². The fourth-order valence-electron chi connectivity index (χ4n) is 2.77. The van der Waals surface area contributed by atoms with Gasteiger partial charge in [0.25, 0.3) is 0 Å². The van der Waals surface area contributed by atoms with Gasteiger partial charge in [0, 0.05) is 30.2 Å². The summed E-state index contributed by atoms with van der Waals surface area (Å²) in [5.74, 6) is 0.663. The summed E-state index contributed by atoms with van der Waals surface area (Å²) in [5, 5.41) is 0. The Morgan fingerprint density at radius 2 is 2.04 bits per heavy atom. The molecule has 0 unspecified atom stereocenters. The van der Waals surface area contributed by atoms with Crippen LogP contribution in [0.25, 0.3) is 11.0 Å². The van der Waals surface area contributed by atoms with Gasteiger partial charge in [-0.1, -0.05) is 26.7 Å². The van der Waals surface area contributed by atoms with Gasteiger partial charge in [-0.2, -0.15) is 0 Å². The molecule has 0 bridgehead atoms. The lowest BCUT2D eigenvalue weighted by Gasteiger charge is -2.24. The number of hydrogen-bond acceptors (Lipinski definition) is 3. The Bertz CT molecular complexity index is 694. The number of thiazole rings is 1. The van der Waals surface area contributed by atoms with Crippen molar-refractivity contribution in [1.29, 1.82) is 0 Å². The van der Waals surface area contributed by atoms with Crippen LogP contribution in [0.15, 0.2) is 12.3 Å². The summed E-state index contributed by atoms with van der Waals surface area (Å²) in [6.45, 7) is 12.1. The highest BCUT2D eigenvalue weighted by Gasteiger charge is 2.14. The van der Waals surface area contributed by atoms with E-state index in [1.54, 1.807) is 17.4 Å². The SMILES string of the molecule is CCC(CC)CN(CC)C(=O)/C=C\c1c(C)nc2sc(C)cn12. The number of hydrogen-bond donors (Lipinski definition) is 0. The molecule has 2 rings (SSSR count). The van der Waals surface area contributed by atoms with E-state index in [0.29, 0.717) is 5.92 Å². The number of nitrogens with zero attached hydrogens (tertiary/aromatic N) is 3. The number of carbonyl (C=O) groups is 1. The van der Waals surface area contributed by atoms with E-state index in [4.69, 9.17) is 0 Å². The quantitative estimate of drug-likeness (QED) is 0.708. The summed E-state index contributed by atoms with van der Waals surface area (Å²) < 4.78 is 2.07. The third-order valence-electron chi connectivity index (χ3n) is 4.37. The highest BCUT2D eigenvalue weighted by atomic mass is 32.1. The van der Waals surface area contributed by atoms with E-state index in [0.717, 1.165) is 42.3 Å². The number of aromatic nitrogens is 2. The van der Waals surface area contributed by atoms with Gasteiger partial charge in [-0.3, -0.25) is 9.20 Å². The molecular weight excluding hydrogens is 306 g/mol. The van der Waals surface area contributed by atoms with Crippen LogP contribution in [0.3, 0.4) is 0 Å². The molecule has 0 aliphatic rings. The van der Waals surface area contributed by atoms with Crippen LogP contribution in [0, 0.1) is 19.8 Å². The molecule has 2 aromatic rings. The summed E-state index contributed by atoms with van der Waals surface area (Å²) in [6, 6.07) is 0. The minimum atomic E-state index is 0.0840. The molecule has 23 heavy (non-hydrogen) atoms. The zero-order valence-electron chi connectivity index (χ0n) is 14.8. The molecule has 126 valence electrons. The number of rotatable bonds is 7. The standard InChI is InChI=1S/C18H27N3OS/c1-6-15(7-2)12-20(8-3)17(22)10-9-16-14(5)19-18-21(16)11-13(4)23-18/h9-11,15H,6-8,12H2,1-5H3/b10-9-. The minimum absolute atomic E-state index is 0.0840. The van der Waals surface area contributed by atoms with Crippen molar-refractivity contribution in [3.05, 3.63) is 28.5 Å². The van der Waals surface area contributed by atoms with Crippen LogP contribution in [-0.4, -0.2) is 33.3 Å². The first-order valence-corrected chi connectivity index (χ1v) is 9.23. The molecule has 0 atom stereocenters. The van der Waals surface area contributed by atoms with Crippen molar-refractivity contribution in [3.63, 3.8) is 0 Å². The van der Waals surface area contributed by atoms with Gasteiger partial charge in [0.05, 0.1) is 11.4 Å². The Morgan fingerprint density at radius 3 is 2.65 bits per heavy atom. The van der Waals surface area contributed by atoms with Crippen LogP contribution < -0.4 is 0 Å². The molecular formula is C18H27N3OS. The van der Waals surface area contributed by atoms with Crippen LogP contribution in [0.1, 0.15) is 49.9 Å². The highest BCUT2D eigenvalue weighted by Crippen LogP contribution is 2.21. The minimum Gasteiger partial charge on any atom is -0.339 e. The third kappa shape index (κ3) is 4.02. The molecule has 4 nitrogen and oxygen atoms in total. The number of fused-ring (bicyclic) bond motifs is 1. The molecule has 2 heterocycles. The molecule has 0 saturated carbocycles. The second-order valence-electron chi connectivity index (χ2n) is 5.97. The van der Waals surface area contributed by atoms with E-state index >= 15 is 0 Å². The van der Waals surface area contributed by atoms with Gasteiger partial charge in [-0.25, -0.2) is 4.98 Å². The molecule has 0 fully saturated rings. The maximum absolute atomic E-state index is 12.5. The second-order valence-corrected chi connectivity index (χ2v) is 7.18. The maximum Gasteiger partial charge on any atom is 0.246 e. The summed E-state index contributed by atoms with van der Waals surface area (Å²) >= 11 is 1.67. The van der Waals surface area contributed by atoms with Gasteiger partial charge in [-0.05, 0) is 32.8 Å². The van der Waals surface area contributed by atoms with Crippen LogP contribution in [0.4, 0.5) is 0 Å². The van der Waals surface area contributed by atoms with Gasteiger partial charge >= 0.3 is 0 Å². The molecule has 0 aliphatic carbocycles. The Morgan fingerprint density at radius 1 is 1.35 bits per heavy atom. The van der Waals surface area contributed by atoms with Crippen LogP contribution in [-0.2, 0) is 4.79 Å². The van der Waals surface area contributed by atoms with E-state index in [1.165, 1.54) is 4.88 Å². The summed E-state index contributed by atoms with van der Waals surface area (Å²) in [6.07, 6.45) is 7.89. The van der Waals surface area contributed by atoms with Crippen molar-refractivity contribution >= 4 is 28.3 Å². The Kier molecular flexibility index (Phi) is 5.99. The lowest BCUT2D eigenvalue weighted by atomic mass is 10.0. The van der Waals surface area contributed by atoms with E-state index in [2.05, 4.69) is 36.4 Å². The van der Waals surface area contributed by atoms with Gasteiger partial charge in [0.2, 0.25) is 5.91 Å². The predicted molar refractivity (Wildman–Crippen MR) is 97.9 cm³/mol. The van der Waals surface area contributed by atoms with E-state index in [9.17, 15) is 4.79 Å². The summed E-state index contributed by atoms with van der Waals surface area (Å²) in [5.41, 5.74) is 1.96. The monoisotopic (exact) mass is 333 g/mol. The van der Waals surface area contributed by atoms with Gasteiger partial charge in [-0.15, -0.1) is 11.3 Å². The first-order valence-electron chi connectivity index (χ1n) is 8.42. The zero-order chi connectivity index (χ0) is 17.0. The van der Waals surface area contributed by atoms with Crippen molar-refractivity contribution in [2.24, 2.45) is 5.92 Å². The van der Waals surface area contributed by atoms with Gasteiger partial charge < -0.3 is 4.90 Å². The van der Waals surface area contributed by atoms with Crippen molar-refractivity contribution in [2.75, 3.05) is 13.1 Å². The van der Waals surface area contributed by atoms with Gasteiger partial charge in [0.15, 0.2) is 4.96 Å². The smallest absolute Gasteiger partial charge is 0.246 e. The fourth-order valence-corrected chi connectivity index (χ4v) is 3.65. The average molecular weight is 334 g/mol. The molecule has 0 spiro atoms. The molecule has 5 heteroatoms. The number of likely N-dealkylation sites (N-methyl/N-ethyl adjacent to an activating group) is 1. The molecule has 2 aromatic heterocycles. The largest absolute Gasteiger partial charge is 0.339 e. The Labute approximate surface area is 142 Å². The number of imidazole rings is 1. The number of aryl methyl sites for hydroxylation is 2. The summed E-state index contributed by atoms with van der Waals surface area (Å²) in [7, 11) is 0. The van der Waals surface area contributed by atoms with Crippen LogP contribution in [0.2, 0.25) is 0 Å². The lowest BCUT2D eigenvalue weighted by Crippen LogP contribution is -2.33. The van der Waals surface area contributed by atoms with Crippen molar-refractivity contribution in [3.8, 4) is 0 Å². The first-order chi connectivity index (χ1) is 11.0. The van der Waals surface area contributed by atoms with E-state index < -0.39 is 0 Å². The first kappa shape index (κ1) is 17.7.